The molecular formula is C15H14FNO3. The Balaban J connectivity index is 2.17. The van der Waals surface area contributed by atoms with Crippen LogP contribution in [0.2, 0.25) is 0 Å². The van der Waals surface area contributed by atoms with E-state index in [1.807, 2.05) is 0 Å². The molecule has 0 saturated carbocycles. The third-order valence-corrected chi connectivity index (χ3v) is 3.15. The average molecular weight is 275 g/mol. The van der Waals surface area contributed by atoms with Crippen LogP contribution in [0.1, 0.15) is 16.7 Å². The van der Waals surface area contributed by atoms with Gasteiger partial charge in [0.1, 0.15) is 18.2 Å². The van der Waals surface area contributed by atoms with Gasteiger partial charge in [0, 0.05) is 17.7 Å². The van der Waals surface area contributed by atoms with Crippen LogP contribution in [0.4, 0.5) is 10.1 Å². The zero-order chi connectivity index (χ0) is 14.7. The Hall–Kier alpha value is -2.43. The lowest BCUT2D eigenvalue weighted by molar-refractivity contribution is -0.385. The van der Waals surface area contributed by atoms with Crippen molar-refractivity contribution in [2.75, 3.05) is 0 Å². The first kappa shape index (κ1) is 14.0. The molecule has 2 rings (SSSR count). The van der Waals surface area contributed by atoms with Gasteiger partial charge in [-0.1, -0.05) is 18.2 Å². The molecule has 5 heteroatoms. The molecule has 0 heterocycles. The van der Waals surface area contributed by atoms with E-state index in [-0.39, 0.29) is 18.1 Å². The average Bonchev–Trinajstić information content (AvgIpc) is 2.41. The summed E-state index contributed by atoms with van der Waals surface area (Å²) in [6, 6.07) is 9.43. The maximum atomic E-state index is 13.4. The van der Waals surface area contributed by atoms with Gasteiger partial charge in [-0.15, -0.1) is 0 Å². The lowest BCUT2D eigenvalue weighted by Crippen LogP contribution is -2.01. The fourth-order valence-corrected chi connectivity index (χ4v) is 1.85. The maximum absolute atomic E-state index is 13.4. The highest BCUT2D eigenvalue weighted by molar-refractivity contribution is 5.44. The molecule has 20 heavy (non-hydrogen) atoms. The van der Waals surface area contributed by atoms with Crippen LogP contribution in [0.5, 0.6) is 5.75 Å². The molecule has 0 radical (unpaired) electrons. The van der Waals surface area contributed by atoms with Gasteiger partial charge in [-0.25, -0.2) is 4.39 Å². The van der Waals surface area contributed by atoms with Gasteiger partial charge in [0.2, 0.25) is 0 Å². The van der Waals surface area contributed by atoms with Crippen LogP contribution in [-0.4, -0.2) is 4.92 Å². The SMILES string of the molecule is Cc1ccc(OCc2cccc([N+](=O)[O-])c2C)cc1F. The zero-order valence-electron chi connectivity index (χ0n) is 11.2. The second kappa shape index (κ2) is 5.69. The van der Waals surface area contributed by atoms with Gasteiger partial charge in [0.25, 0.3) is 5.69 Å². The van der Waals surface area contributed by atoms with Gasteiger partial charge >= 0.3 is 0 Å². The van der Waals surface area contributed by atoms with E-state index in [2.05, 4.69) is 0 Å². The topological polar surface area (TPSA) is 52.4 Å². The van der Waals surface area contributed by atoms with Gasteiger partial charge in [-0.2, -0.15) is 0 Å². The van der Waals surface area contributed by atoms with Crippen molar-refractivity contribution >= 4 is 5.69 Å². The molecule has 0 fully saturated rings. The zero-order valence-corrected chi connectivity index (χ0v) is 11.2. The summed E-state index contributed by atoms with van der Waals surface area (Å²) in [7, 11) is 0. The molecule has 104 valence electrons. The molecule has 0 unspecified atom stereocenters. The van der Waals surface area contributed by atoms with Gasteiger partial charge in [0.15, 0.2) is 0 Å². The first-order chi connectivity index (χ1) is 9.49. The van der Waals surface area contributed by atoms with Crippen molar-refractivity contribution in [2.45, 2.75) is 20.5 Å². The van der Waals surface area contributed by atoms with Crippen LogP contribution in [0.15, 0.2) is 36.4 Å². The predicted octanol–water partition coefficient (Wildman–Crippen LogP) is 3.93. The van der Waals surface area contributed by atoms with Crippen molar-refractivity contribution in [3.63, 3.8) is 0 Å². The molecule has 0 amide bonds. The molecule has 2 aromatic rings. The smallest absolute Gasteiger partial charge is 0.272 e. The summed E-state index contributed by atoms with van der Waals surface area (Å²) in [5, 5.41) is 10.8. The monoisotopic (exact) mass is 275 g/mol. The van der Waals surface area contributed by atoms with Crippen molar-refractivity contribution in [3.05, 3.63) is 69.0 Å². The fraction of sp³-hybridized carbons (Fsp3) is 0.200. The highest BCUT2D eigenvalue weighted by Gasteiger charge is 2.13. The number of hydrogen-bond acceptors (Lipinski definition) is 3. The predicted molar refractivity (Wildman–Crippen MR) is 73.3 cm³/mol. The number of nitrogens with zero attached hydrogens (tertiary/aromatic N) is 1. The summed E-state index contributed by atoms with van der Waals surface area (Å²) in [5.74, 6) is 0.0669. The molecule has 0 aliphatic heterocycles. The van der Waals surface area contributed by atoms with Crippen molar-refractivity contribution in [1.29, 1.82) is 0 Å². The quantitative estimate of drug-likeness (QED) is 0.627. The van der Waals surface area contributed by atoms with E-state index < -0.39 is 4.92 Å². The Morgan fingerprint density at radius 2 is 2.00 bits per heavy atom. The first-order valence-corrected chi connectivity index (χ1v) is 6.11. The normalized spacial score (nSPS) is 10.3. The standard InChI is InChI=1S/C15H14FNO3/c1-10-6-7-13(8-14(10)16)20-9-12-4-3-5-15(11(12)2)17(18)19/h3-8H,9H2,1-2H3. The summed E-state index contributed by atoms with van der Waals surface area (Å²) < 4.78 is 18.9. The maximum Gasteiger partial charge on any atom is 0.272 e. The van der Waals surface area contributed by atoms with Crippen LogP contribution in [0.25, 0.3) is 0 Å². The minimum Gasteiger partial charge on any atom is -0.489 e. The summed E-state index contributed by atoms with van der Waals surface area (Å²) in [6.07, 6.45) is 0. The third-order valence-electron chi connectivity index (χ3n) is 3.15. The van der Waals surface area contributed by atoms with E-state index in [1.165, 1.54) is 12.1 Å². The van der Waals surface area contributed by atoms with Crippen LogP contribution in [0, 0.1) is 29.8 Å². The number of aryl methyl sites for hydroxylation is 1. The molecule has 0 aromatic heterocycles. The largest absolute Gasteiger partial charge is 0.489 e. The molecule has 4 nitrogen and oxygen atoms in total. The Morgan fingerprint density at radius 3 is 2.65 bits per heavy atom. The van der Waals surface area contributed by atoms with E-state index in [9.17, 15) is 14.5 Å². The number of ether oxygens (including phenoxy) is 1. The molecule has 0 aliphatic rings. The molecule has 0 spiro atoms. The number of hydrogen-bond donors (Lipinski definition) is 0. The lowest BCUT2D eigenvalue weighted by atomic mass is 10.1. The summed E-state index contributed by atoms with van der Waals surface area (Å²) in [4.78, 5) is 10.4. The number of nitro groups is 1. The Bertz CT molecular complexity index is 656. The summed E-state index contributed by atoms with van der Waals surface area (Å²) in [5.41, 5.74) is 1.87. The number of halogens is 1. The van der Waals surface area contributed by atoms with E-state index in [1.54, 1.807) is 38.1 Å². The molecule has 0 saturated heterocycles. The van der Waals surface area contributed by atoms with E-state index in [0.717, 1.165) is 0 Å². The second-order valence-corrected chi connectivity index (χ2v) is 4.52. The van der Waals surface area contributed by atoms with Crippen LogP contribution >= 0.6 is 0 Å². The van der Waals surface area contributed by atoms with E-state index in [0.29, 0.717) is 22.4 Å². The molecule has 0 atom stereocenters. The Kier molecular flexibility index (Phi) is 3.98. The molecular weight excluding hydrogens is 261 g/mol. The fourth-order valence-electron chi connectivity index (χ4n) is 1.85. The number of rotatable bonds is 4. The molecule has 0 N–H and O–H groups in total. The van der Waals surface area contributed by atoms with Crippen molar-refractivity contribution in [2.24, 2.45) is 0 Å². The third kappa shape index (κ3) is 2.93. The molecule has 0 aliphatic carbocycles. The summed E-state index contributed by atoms with van der Waals surface area (Å²) >= 11 is 0. The highest BCUT2D eigenvalue weighted by Crippen LogP contribution is 2.23. The van der Waals surface area contributed by atoms with Gasteiger partial charge in [-0.05, 0) is 31.0 Å². The second-order valence-electron chi connectivity index (χ2n) is 4.52. The molecule has 0 bridgehead atoms. The van der Waals surface area contributed by atoms with Crippen LogP contribution < -0.4 is 4.74 Å². The minimum atomic E-state index is -0.426. The van der Waals surface area contributed by atoms with Gasteiger partial charge < -0.3 is 4.74 Å². The first-order valence-electron chi connectivity index (χ1n) is 6.11. The van der Waals surface area contributed by atoms with E-state index in [4.69, 9.17) is 4.74 Å². The Morgan fingerprint density at radius 1 is 1.25 bits per heavy atom. The van der Waals surface area contributed by atoms with Gasteiger partial charge in [0.05, 0.1) is 4.92 Å². The number of nitro benzene ring substituents is 1. The van der Waals surface area contributed by atoms with E-state index >= 15 is 0 Å². The van der Waals surface area contributed by atoms with Crippen LogP contribution in [0.3, 0.4) is 0 Å². The van der Waals surface area contributed by atoms with Crippen molar-refractivity contribution in [3.8, 4) is 5.75 Å². The Labute approximate surface area is 116 Å². The number of benzene rings is 2. The van der Waals surface area contributed by atoms with Crippen LogP contribution in [-0.2, 0) is 6.61 Å². The lowest BCUT2D eigenvalue weighted by Gasteiger charge is -2.09. The summed E-state index contributed by atoms with van der Waals surface area (Å²) in [6.45, 7) is 3.51. The highest BCUT2D eigenvalue weighted by atomic mass is 19.1. The van der Waals surface area contributed by atoms with Crippen molar-refractivity contribution in [1.82, 2.24) is 0 Å². The van der Waals surface area contributed by atoms with Crippen molar-refractivity contribution < 1.29 is 14.1 Å². The minimum absolute atomic E-state index is 0.0567. The molecule has 2 aromatic carbocycles. The van der Waals surface area contributed by atoms with Gasteiger partial charge in [-0.3, -0.25) is 10.1 Å².